The molecule has 224 valence electrons. The number of hydrogen-bond donors (Lipinski definition) is 0. The molecule has 0 nitrogen and oxygen atoms in total. The lowest BCUT2D eigenvalue weighted by molar-refractivity contribution is 0.156. The molecule has 0 atom stereocenters. The van der Waals surface area contributed by atoms with Crippen LogP contribution < -0.4 is 0 Å². The van der Waals surface area contributed by atoms with Crippen molar-refractivity contribution < 1.29 is 13.2 Å². The number of allylic oxidation sites excluding steroid dienone is 1. The van der Waals surface area contributed by atoms with E-state index < -0.39 is 11.6 Å². The number of unbranched alkanes of at least 4 members (excludes halogenated alkanes) is 2. The van der Waals surface area contributed by atoms with Gasteiger partial charge in [-0.15, -0.1) is 6.58 Å². The zero-order chi connectivity index (χ0) is 29.5. The van der Waals surface area contributed by atoms with Gasteiger partial charge in [0.25, 0.3) is 0 Å². The topological polar surface area (TPSA) is 0 Å². The van der Waals surface area contributed by atoms with Gasteiger partial charge in [0.05, 0.1) is 0 Å². The highest BCUT2D eigenvalue weighted by Crippen LogP contribution is 2.45. The molecule has 2 fully saturated rings. The first kappa shape index (κ1) is 30.6. The fourth-order valence-electron chi connectivity index (χ4n) is 7.65. The SMILES string of the molecule is C=CCCC1CCC(C2CCC(c3ccc(-c4ccc(-c5ccc(CCCCC)c(F)c5F)cc4)cc3F)CC2)CC1. The molecule has 0 radical (unpaired) electrons. The van der Waals surface area contributed by atoms with Crippen LogP contribution in [0.5, 0.6) is 0 Å². The summed E-state index contributed by atoms with van der Waals surface area (Å²) in [4.78, 5) is 0. The Kier molecular flexibility index (Phi) is 10.6. The van der Waals surface area contributed by atoms with Crippen molar-refractivity contribution in [3.8, 4) is 22.3 Å². The molecule has 2 aliphatic carbocycles. The molecular weight excluding hydrogens is 525 g/mol. The maximum absolute atomic E-state index is 15.4. The molecule has 0 aliphatic heterocycles. The van der Waals surface area contributed by atoms with Gasteiger partial charge in [0, 0.05) is 5.56 Å². The molecular formula is C39H47F3. The van der Waals surface area contributed by atoms with Crippen molar-refractivity contribution in [2.24, 2.45) is 17.8 Å². The first-order chi connectivity index (χ1) is 20.5. The maximum Gasteiger partial charge on any atom is 0.166 e. The van der Waals surface area contributed by atoms with Gasteiger partial charge in [-0.05, 0) is 122 Å². The third-order valence-electron chi connectivity index (χ3n) is 10.3. The summed E-state index contributed by atoms with van der Waals surface area (Å²) in [6.45, 7) is 5.97. The van der Waals surface area contributed by atoms with Gasteiger partial charge in [0.1, 0.15) is 5.82 Å². The van der Waals surface area contributed by atoms with Crippen molar-refractivity contribution in [3.05, 3.63) is 95.8 Å². The van der Waals surface area contributed by atoms with E-state index >= 15 is 4.39 Å². The Labute approximate surface area is 251 Å². The fourth-order valence-corrected chi connectivity index (χ4v) is 7.65. The highest BCUT2D eigenvalue weighted by molar-refractivity contribution is 5.71. The number of rotatable bonds is 11. The lowest BCUT2D eigenvalue weighted by Crippen LogP contribution is -2.25. The van der Waals surface area contributed by atoms with E-state index in [9.17, 15) is 8.78 Å². The van der Waals surface area contributed by atoms with Crippen molar-refractivity contribution in [1.82, 2.24) is 0 Å². The molecule has 0 amide bonds. The second kappa shape index (κ2) is 14.6. The molecule has 0 unspecified atom stereocenters. The van der Waals surface area contributed by atoms with Crippen LogP contribution in [0.25, 0.3) is 22.3 Å². The highest BCUT2D eigenvalue weighted by atomic mass is 19.2. The standard InChI is InChI=1S/C39H47F3/c1-3-5-7-9-33-22-25-36(39(42)38(33)41)32-20-16-30(17-21-32)34-23-24-35(37(40)26-34)31-18-14-29(15-19-31)28-12-10-27(11-13-28)8-6-4-2/h4,16-17,20-29,31H,2-3,5-15,18-19H2,1H3. The quantitative estimate of drug-likeness (QED) is 0.158. The Morgan fingerprint density at radius 2 is 1.36 bits per heavy atom. The van der Waals surface area contributed by atoms with Crippen LogP contribution >= 0.6 is 0 Å². The largest absolute Gasteiger partial charge is 0.207 e. The van der Waals surface area contributed by atoms with Gasteiger partial charge in [-0.3, -0.25) is 0 Å². The fraction of sp³-hybridized carbons (Fsp3) is 0.487. The molecule has 2 aliphatic rings. The molecule has 0 saturated heterocycles. The average molecular weight is 573 g/mol. The van der Waals surface area contributed by atoms with Gasteiger partial charge >= 0.3 is 0 Å². The van der Waals surface area contributed by atoms with Gasteiger partial charge in [-0.2, -0.15) is 0 Å². The van der Waals surface area contributed by atoms with Gasteiger partial charge in [0.2, 0.25) is 0 Å². The Morgan fingerprint density at radius 1 is 0.714 bits per heavy atom. The molecule has 2 saturated carbocycles. The van der Waals surface area contributed by atoms with Crippen LogP contribution in [0, 0.1) is 35.2 Å². The maximum atomic E-state index is 15.4. The van der Waals surface area contributed by atoms with Gasteiger partial charge < -0.3 is 0 Å². The Morgan fingerprint density at radius 3 is 2.00 bits per heavy atom. The van der Waals surface area contributed by atoms with Crippen molar-refractivity contribution in [2.75, 3.05) is 0 Å². The molecule has 5 rings (SSSR count). The lowest BCUT2D eigenvalue weighted by atomic mass is 9.68. The van der Waals surface area contributed by atoms with Crippen molar-refractivity contribution in [3.63, 3.8) is 0 Å². The van der Waals surface area contributed by atoms with Crippen LogP contribution in [0.2, 0.25) is 0 Å². The summed E-state index contributed by atoms with van der Waals surface area (Å²) in [5, 5.41) is 0. The number of aryl methyl sites for hydroxylation is 1. The predicted molar refractivity (Wildman–Crippen MR) is 170 cm³/mol. The van der Waals surface area contributed by atoms with E-state index in [0.717, 1.165) is 73.0 Å². The van der Waals surface area contributed by atoms with Crippen molar-refractivity contribution in [2.45, 2.75) is 103 Å². The molecule has 42 heavy (non-hydrogen) atoms. The van der Waals surface area contributed by atoms with Crippen LogP contribution in [-0.2, 0) is 6.42 Å². The molecule has 3 aromatic rings. The zero-order valence-electron chi connectivity index (χ0n) is 25.3. The number of halogens is 3. The third-order valence-corrected chi connectivity index (χ3v) is 10.3. The summed E-state index contributed by atoms with van der Waals surface area (Å²) in [5.74, 6) is 1.17. The minimum Gasteiger partial charge on any atom is -0.207 e. The number of hydrogen-bond acceptors (Lipinski definition) is 0. The van der Waals surface area contributed by atoms with E-state index in [2.05, 4.69) is 19.6 Å². The van der Waals surface area contributed by atoms with E-state index in [1.54, 1.807) is 30.3 Å². The van der Waals surface area contributed by atoms with Crippen molar-refractivity contribution in [1.29, 1.82) is 0 Å². The third kappa shape index (κ3) is 7.21. The average Bonchev–Trinajstić information content (AvgIpc) is 3.03. The summed E-state index contributed by atoms with van der Waals surface area (Å²) < 4.78 is 45.0. The second-order valence-electron chi connectivity index (χ2n) is 12.9. The smallest absolute Gasteiger partial charge is 0.166 e. The van der Waals surface area contributed by atoms with E-state index in [4.69, 9.17) is 0 Å². The normalized spacial score (nSPS) is 22.7. The Bertz CT molecular complexity index is 1310. The van der Waals surface area contributed by atoms with Crippen molar-refractivity contribution >= 4 is 0 Å². The van der Waals surface area contributed by atoms with Crippen LogP contribution in [0.3, 0.4) is 0 Å². The summed E-state index contributed by atoms with van der Waals surface area (Å²) in [7, 11) is 0. The molecule has 0 bridgehead atoms. The molecule has 0 aromatic heterocycles. The van der Waals surface area contributed by atoms with Crippen LogP contribution in [0.15, 0.2) is 67.3 Å². The molecule has 0 N–H and O–H groups in total. The Balaban J connectivity index is 1.18. The first-order valence-corrected chi connectivity index (χ1v) is 16.5. The monoisotopic (exact) mass is 572 g/mol. The van der Waals surface area contributed by atoms with E-state index in [1.807, 2.05) is 24.3 Å². The van der Waals surface area contributed by atoms with E-state index in [1.165, 1.54) is 44.9 Å². The highest BCUT2D eigenvalue weighted by Gasteiger charge is 2.32. The minimum absolute atomic E-state index is 0.130. The summed E-state index contributed by atoms with van der Waals surface area (Å²) in [5.41, 5.74) is 3.84. The van der Waals surface area contributed by atoms with Crippen LogP contribution in [-0.4, -0.2) is 0 Å². The minimum atomic E-state index is -0.793. The Hall–Kier alpha value is -2.81. The molecule has 3 heteroatoms. The molecule has 3 aromatic carbocycles. The summed E-state index contributed by atoms with van der Waals surface area (Å²) in [6.07, 6.45) is 18.0. The second-order valence-corrected chi connectivity index (χ2v) is 12.9. The zero-order valence-corrected chi connectivity index (χ0v) is 25.3. The van der Waals surface area contributed by atoms with E-state index in [0.29, 0.717) is 23.5 Å². The van der Waals surface area contributed by atoms with Gasteiger partial charge in [-0.25, -0.2) is 13.2 Å². The van der Waals surface area contributed by atoms with E-state index in [-0.39, 0.29) is 11.4 Å². The van der Waals surface area contributed by atoms with Gasteiger partial charge in [0.15, 0.2) is 11.6 Å². The molecule has 0 heterocycles. The van der Waals surface area contributed by atoms with Crippen LogP contribution in [0.1, 0.15) is 107 Å². The lowest BCUT2D eigenvalue weighted by Gasteiger charge is -2.38. The predicted octanol–water partition coefficient (Wildman–Crippen LogP) is 12.2. The number of benzene rings is 3. The van der Waals surface area contributed by atoms with Gasteiger partial charge in [-0.1, -0.05) is 87.2 Å². The summed E-state index contributed by atoms with van der Waals surface area (Å²) >= 11 is 0. The molecule has 0 spiro atoms. The summed E-state index contributed by atoms with van der Waals surface area (Å²) in [6, 6.07) is 16.3. The van der Waals surface area contributed by atoms with Crippen LogP contribution in [0.4, 0.5) is 13.2 Å². The first-order valence-electron chi connectivity index (χ1n) is 16.5.